The highest BCUT2D eigenvalue weighted by atomic mass is 16.3. The molecular weight excluding hydrogens is 250 g/mol. The van der Waals surface area contributed by atoms with Crippen LogP contribution < -0.4 is 0 Å². The summed E-state index contributed by atoms with van der Waals surface area (Å²) in [7, 11) is 1.91. The van der Waals surface area contributed by atoms with E-state index in [9.17, 15) is 5.26 Å². The van der Waals surface area contributed by atoms with Crippen LogP contribution in [0, 0.1) is 18.3 Å². The van der Waals surface area contributed by atoms with E-state index in [-0.39, 0.29) is 0 Å². The highest BCUT2D eigenvalue weighted by Gasteiger charge is 2.12. The van der Waals surface area contributed by atoms with Crippen molar-refractivity contribution >= 4 is 22.7 Å². The van der Waals surface area contributed by atoms with Gasteiger partial charge in [-0.3, -0.25) is 0 Å². The average molecular weight is 263 g/mol. The van der Waals surface area contributed by atoms with Crippen molar-refractivity contribution in [3.05, 3.63) is 53.7 Å². The van der Waals surface area contributed by atoms with Gasteiger partial charge in [0.05, 0.1) is 16.6 Å². The predicted octanol–water partition coefficient (Wildman–Crippen LogP) is 3.54. The van der Waals surface area contributed by atoms with Gasteiger partial charge in [0, 0.05) is 13.1 Å². The van der Waals surface area contributed by atoms with Crippen molar-refractivity contribution in [1.29, 1.82) is 5.26 Å². The number of para-hydroxylation sites is 2. The molecule has 0 aliphatic heterocycles. The molecule has 0 atom stereocenters. The zero-order valence-corrected chi connectivity index (χ0v) is 11.3. The van der Waals surface area contributed by atoms with Crippen molar-refractivity contribution in [2.45, 2.75) is 6.92 Å². The molecular formula is C16H13N3O. The molecule has 4 heteroatoms. The number of hydrogen-bond acceptors (Lipinski definition) is 3. The summed E-state index contributed by atoms with van der Waals surface area (Å²) in [5, 5.41) is 9.38. The molecule has 0 unspecified atom stereocenters. The second-order valence-corrected chi connectivity index (χ2v) is 4.60. The van der Waals surface area contributed by atoms with E-state index >= 15 is 0 Å². The second-order valence-electron chi connectivity index (χ2n) is 4.60. The van der Waals surface area contributed by atoms with Gasteiger partial charge < -0.3 is 8.98 Å². The highest BCUT2D eigenvalue weighted by Crippen LogP contribution is 2.22. The molecule has 0 bridgehead atoms. The van der Waals surface area contributed by atoms with E-state index in [1.807, 2.05) is 54.9 Å². The number of hydrogen-bond donors (Lipinski definition) is 0. The number of aryl methyl sites for hydroxylation is 2. The molecule has 4 nitrogen and oxygen atoms in total. The number of allylic oxidation sites excluding steroid dienone is 1. The molecule has 0 N–H and O–H groups in total. The molecule has 2 aromatic heterocycles. The monoisotopic (exact) mass is 263 g/mol. The number of benzene rings is 1. The van der Waals surface area contributed by atoms with Crippen LogP contribution in [0.25, 0.3) is 22.7 Å². The normalized spacial score (nSPS) is 11.8. The van der Waals surface area contributed by atoms with Crippen LogP contribution in [0.15, 0.2) is 40.8 Å². The smallest absolute Gasteiger partial charge is 0.151 e. The number of rotatable bonds is 2. The van der Waals surface area contributed by atoms with Crippen LogP contribution in [0.1, 0.15) is 17.3 Å². The fraction of sp³-hybridized carbons (Fsp3) is 0.125. The standard InChI is InChI=1S/C16H13N3O/c1-11-7-8-13(20-11)9-12(10-17)16-18-14-5-3-4-6-15(14)19(16)2/h3-9H,1-2H3. The molecule has 2 heterocycles. The SMILES string of the molecule is Cc1ccc(C=C(C#N)c2nc3ccccc3n2C)o1. The quantitative estimate of drug-likeness (QED) is 0.664. The number of furan rings is 1. The predicted molar refractivity (Wildman–Crippen MR) is 77.6 cm³/mol. The zero-order valence-electron chi connectivity index (χ0n) is 11.3. The van der Waals surface area contributed by atoms with E-state index in [0.29, 0.717) is 17.2 Å². The maximum atomic E-state index is 9.38. The van der Waals surface area contributed by atoms with Gasteiger partial charge in [0.2, 0.25) is 0 Å². The molecule has 98 valence electrons. The summed E-state index contributed by atoms with van der Waals surface area (Å²) in [6.07, 6.45) is 1.72. The van der Waals surface area contributed by atoms with E-state index < -0.39 is 0 Å². The van der Waals surface area contributed by atoms with Crippen molar-refractivity contribution in [2.75, 3.05) is 0 Å². The van der Waals surface area contributed by atoms with Crippen molar-refractivity contribution in [3.8, 4) is 6.07 Å². The molecule has 1 aromatic carbocycles. The Bertz CT molecular complexity index is 846. The van der Waals surface area contributed by atoms with Crippen molar-refractivity contribution in [2.24, 2.45) is 7.05 Å². The summed E-state index contributed by atoms with van der Waals surface area (Å²) in [5.74, 6) is 2.12. The minimum absolute atomic E-state index is 0.484. The van der Waals surface area contributed by atoms with Gasteiger partial charge in [-0.15, -0.1) is 0 Å². The molecule has 3 rings (SSSR count). The first-order valence-corrected chi connectivity index (χ1v) is 6.29. The summed E-state index contributed by atoms with van der Waals surface area (Å²) < 4.78 is 7.40. The van der Waals surface area contributed by atoms with Gasteiger partial charge in [0.25, 0.3) is 0 Å². The van der Waals surface area contributed by atoms with Gasteiger partial charge in [-0.1, -0.05) is 12.1 Å². The summed E-state index contributed by atoms with van der Waals surface area (Å²) in [6, 6.07) is 13.7. The molecule has 0 saturated carbocycles. The van der Waals surface area contributed by atoms with Crippen LogP contribution >= 0.6 is 0 Å². The van der Waals surface area contributed by atoms with Crippen molar-refractivity contribution in [3.63, 3.8) is 0 Å². The van der Waals surface area contributed by atoms with E-state index in [2.05, 4.69) is 11.1 Å². The Kier molecular flexibility index (Phi) is 2.88. The van der Waals surface area contributed by atoms with Gasteiger partial charge in [-0.2, -0.15) is 5.26 Å². The van der Waals surface area contributed by atoms with E-state index in [1.54, 1.807) is 6.08 Å². The Morgan fingerprint density at radius 1 is 1.30 bits per heavy atom. The van der Waals surface area contributed by atoms with Gasteiger partial charge in [0.1, 0.15) is 17.6 Å². The topological polar surface area (TPSA) is 54.8 Å². The van der Waals surface area contributed by atoms with Crippen LogP contribution in [0.3, 0.4) is 0 Å². The lowest BCUT2D eigenvalue weighted by Gasteiger charge is -1.99. The van der Waals surface area contributed by atoms with Gasteiger partial charge >= 0.3 is 0 Å². The third-order valence-corrected chi connectivity index (χ3v) is 3.20. The third kappa shape index (κ3) is 1.99. The minimum atomic E-state index is 0.484. The first-order chi connectivity index (χ1) is 9.69. The molecule has 0 radical (unpaired) electrons. The summed E-state index contributed by atoms with van der Waals surface area (Å²) in [5.41, 5.74) is 2.36. The molecule has 0 amide bonds. The Morgan fingerprint density at radius 3 is 2.75 bits per heavy atom. The Morgan fingerprint density at radius 2 is 2.10 bits per heavy atom. The maximum absolute atomic E-state index is 9.38. The molecule has 3 aromatic rings. The van der Waals surface area contributed by atoms with Crippen LogP contribution in [0.5, 0.6) is 0 Å². The Hall–Kier alpha value is -2.80. The average Bonchev–Trinajstić information content (AvgIpc) is 3.01. The number of nitriles is 1. The van der Waals surface area contributed by atoms with Crippen molar-refractivity contribution in [1.82, 2.24) is 9.55 Å². The first-order valence-electron chi connectivity index (χ1n) is 6.29. The van der Waals surface area contributed by atoms with Gasteiger partial charge in [-0.05, 0) is 31.2 Å². The second kappa shape index (κ2) is 4.71. The number of aromatic nitrogens is 2. The summed E-state index contributed by atoms with van der Waals surface area (Å²) in [4.78, 5) is 4.52. The van der Waals surface area contributed by atoms with E-state index in [4.69, 9.17) is 4.42 Å². The molecule has 0 aliphatic carbocycles. The lowest BCUT2D eigenvalue weighted by Crippen LogP contribution is -1.95. The molecule has 20 heavy (non-hydrogen) atoms. The largest absolute Gasteiger partial charge is 0.462 e. The summed E-state index contributed by atoms with van der Waals surface area (Å²) in [6.45, 7) is 1.87. The van der Waals surface area contributed by atoms with Crippen LogP contribution in [0.4, 0.5) is 0 Å². The van der Waals surface area contributed by atoms with Crippen LogP contribution in [0.2, 0.25) is 0 Å². The van der Waals surface area contributed by atoms with Gasteiger partial charge in [-0.25, -0.2) is 4.98 Å². The Balaban J connectivity index is 2.15. The Labute approximate surface area is 116 Å². The number of fused-ring (bicyclic) bond motifs is 1. The number of imidazole rings is 1. The van der Waals surface area contributed by atoms with Gasteiger partial charge in [0.15, 0.2) is 5.82 Å². The van der Waals surface area contributed by atoms with Crippen LogP contribution in [-0.4, -0.2) is 9.55 Å². The molecule has 0 saturated heterocycles. The first kappa shape index (κ1) is 12.2. The highest BCUT2D eigenvalue weighted by molar-refractivity contribution is 5.90. The molecule has 0 aliphatic rings. The lowest BCUT2D eigenvalue weighted by atomic mass is 10.2. The van der Waals surface area contributed by atoms with Crippen molar-refractivity contribution < 1.29 is 4.42 Å². The molecule has 0 spiro atoms. The van der Waals surface area contributed by atoms with E-state index in [1.165, 1.54) is 0 Å². The van der Waals surface area contributed by atoms with Crippen LogP contribution in [-0.2, 0) is 7.05 Å². The minimum Gasteiger partial charge on any atom is -0.462 e. The lowest BCUT2D eigenvalue weighted by molar-refractivity contribution is 0.525. The fourth-order valence-corrected chi connectivity index (χ4v) is 2.21. The summed E-state index contributed by atoms with van der Waals surface area (Å²) >= 11 is 0. The third-order valence-electron chi connectivity index (χ3n) is 3.20. The number of nitrogens with zero attached hydrogens (tertiary/aromatic N) is 3. The fourth-order valence-electron chi connectivity index (χ4n) is 2.21. The maximum Gasteiger partial charge on any atom is 0.151 e. The van der Waals surface area contributed by atoms with E-state index in [0.717, 1.165) is 16.8 Å². The zero-order chi connectivity index (χ0) is 14.1. The molecule has 0 fully saturated rings.